The smallest absolute Gasteiger partial charge is 0.0687 e. The first kappa shape index (κ1) is 11.0. The zero-order valence-electron chi connectivity index (χ0n) is 10.8. The Morgan fingerprint density at radius 1 is 1.12 bits per heavy atom. The van der Waals surface area contributed by atoms with Gasteiger partial charge in [0.25, 0.3) is 0 Å². The number of hydrogen-bond acceptors (Lipinski definition) is 2. The summed E-state index contributed by atoms with van der Waals surface area (Å²) in [6.07, 6.45) is 6.85. The van der Waals surface area contributed by atoms with Crippen molar-refractivity contribution in [2.24, 2.45) is 17.8 Å². The van der Waals surface area contributed by atoms with Gasteiger partial charge in [0, 0.05) is 19.2 Å². The van der Waals surface area contributed by atoms with Crippen LogP contribution < -0.4 is 5.32 Å². The molecule has 4 bridgehead atoms. The van der Waals surface area contributed by atoms with Crippen molar-refractivity contribution >= 4 is 0 Å². The Kier molecular flexibility index (Phi) is 2.56. The van der Waals surface area contributed by atoms with Gasteiger partial charge in [0.2, 0.25) is 0 Å². The highest BCUT2D eigenvalue weighted by molar-refractivity contribution is 5.08. The minimum Gasteiger partial charge on any atom is -0.378 e. The molecule has 0 aliphatic heterocycles. The summed E-state index contributed by atoms with van der Waals surface area (Å²) in [7, 11) is 1.93. The van der Waals surface area contributed by atoms with Crippen molar-refractivity contribution < 1.29 is 4.74 Å². The van der Waals surface area contributed by atoms with Gasteiger partial charge in [-0.2, -0.15) is 0 Å². The number of nitrogens with one attached hydrogen (secondary N) is 1. The largest absolute Gasteiger partial charge is 0.378 e. The maximum absolute atomic E-state index is 5.88. The highest BCUT2D eigenvalue weighted by Crippen LogP contribution is 2.56. The van der Waals surface area contributed by atoms with Crippen molar-refractivity contribution in [1.82, 2.24) is 5.32 Å². The lowest BCUT2D eigenvalue weighted by molar-refractivity contribution is -0.158. The fourth-order valence-corrected chi connectivity index (χ4v) is 4.86. The molecule has 2 heteroatoms. The third-order valence-corrected chi connectivity index (χ3v) is 5.18. The van der Waals surface area contributed by atoms with Gasteiger partial charge in [0.05, 0.1) is 5.60 Å². The fourth-order valence-electron chi connectivity index (χ4n) is 4.86. The Balaban J connectivity index is 1.79. The molecule has 0 heterocycles. The van der Waals surface area contributed by atoms with E-state index in [-0.39, 0.29) is 5.60 Å². The van der Waals surface area contributed by atoms with Crippen molar-refractivity contribution in [2.45, 2.75) is 63.6 Å². The van der Waals surface area contributed by atoms with E-state index in [1.807, 2.05) is 7.11 Å². The van der Waals surface area contributed by atoms with Gasteiger partial charge in [-0.1, -0.05) is 13.8 Å². The van der Waals surface area contributed by atoms with Crippen molar-refractivity contribution in [3.63, 3.8) is 0 Å². The van der Waals surface area contributed by atoms with Crippen molar-refractivity contribution in [3.8, 4) is 0 Å². The molecule has 0 saturated heterocycles. The van der Waals surface area contributed by atoms with E-state index in [9.17, 15) is 0 Å². The average molecular weight is 223 g/mol. The third-order valence-electron chi connectivity index (χ3n) is 5.18. The molecule has 0 aromatic carbocycles. The molecule has 92 valence electrons. The summed E-state index contributed by atoms with van der Waals surface area (Å²) in [6.45, 7) is 4.55. The van der Waals surface area contributed by atoms with Crippen LogP contribution in [0.15, 0.2) is 0 Å². The van der Waals surface area contributed by atoms with E-state index in [1.165, 1.54) is 32.1 Å². The van der Waals surface area contributed by atoms with Crippen LogP contribution in [0.1, 0.15) is 46.0 Å². The van der Waals surface area contributed by atoms with Crippen LogP contribution in [0.5, 0.6) is 0 Å². The highest BCUT2D eigenvalue weighted by atomic mass is 16.5. The van der Waals surface area contributed by atoms with E-state index in [0.717, 1.165) is 23.8 Å². The monoisotopic (exact) mass is 223 g/mol. The summed E-state index contributed by atoms with van der Waals surface area (Å²) in [5, 5.41) is 3.81. The normalized spacial score (nSPS) is 50.2. The lowest BCUT2D eigenvalue weighted by Crippen LogP contribution is -2.62. The van der Waals surface area contributed by atoms with Gasteiger partial charge in [-0.05, 0) is 49.9 Å². The van der Waals surface area contributed by atoms with Crippen LogP contribution in [-0.4, -0.2) is 24.8 Å². The van der Waals surface area contributed by atoms with Crippen LogP contribution in [-0.2, 0) is 4.74 Å². The van der Waals surface area contributed by atoms with E-state index in [4.69, 9.17) is 4.74 Å². The summed E-state index contributed by atoms with van der Waals surface area (Å²) in [5.41, 5.74) is 0.270. The maximum atomic E-state index is 5.88. The van der Waals surface area contributed by atoms with Crippen LogP contribution >= 0.6 is 0 Å². The van der Waals surface area contributed by atoms with E-state index in [0.29, 0.717) is 6.04 Å². The molecule has 4 rings (SSSR count). The highest BCUT2D eigenvalue weighted by Gasteiger charge is 2.55. The lowest BCUT2D eigenvalue weighted by Gasteiger charge is -2.59. The van der Waals surface area contributed by atoms with E-state index in [2.05, 4.69) is 19.2 Å². The second-order valence-electron chi connectivity index (χ2n) is 6.70. The summed E-state index contributed by atoms with van der Waals surface area (Å²) in [4.78, 5) is 0. The van der Waals surface area contributed by atoms with Crippen LogP contribution in [0.25, 0.3) is 0 Å². The molecule has 16 heavy (non-hydrogen) atoms. The molecule has 4 aliphatic carbocycles. The minimum atomic E-state index is 0.270. The minimum absolute atomic E-state index is 0.270. The topological polar surface area (TPSA) is 21.3 Å². The van der Waals surface area contributed by atoms with Gasteiger partial charge in [-0.15, -0.1) is 0 Å². The molecule has 0 radical (unpaired) electrons. The first-order chi connectivity index (χ1) is 7.62. The molecular formula is C14H25NO. The van der Waals surface area contributed by atoms with Gasteiger partial charge < -0.3 is 10.1 Å². The van der Waals surface area contributed by atoms with Crippen LogP contribution in [0.2, 0.25) is 0 Å². The fraction of sp³-hybridized carbons (Fsp3) is 1.00. The molecule has 4 saturated carbocycles. The number of ether oxygens (including phenoxy) is 1. The molecule has 0 spiro atoms. The zero-order chi connectivity index (χ0) is 11.3. The molecule has 1 N–H and O–H groups in total. The molecule has 0 amide bonds. The predicted octanol–water partition coefficient (Wildman–Crippen LogP) is 2.58. The Labute approximate surface area is 99.1 Å². The van der Waals surface area contributed by atoms with E-state index >= 15 is 0 Å². The van der Waals surface area contributed by atoms with Gasteiger partial charge >= 0.3 is 0 Å². The quantitative estimate of drug-likeness (QED) is 0.794. The predicted molar refractivity (Wildman–Crippen MR) is 65.4 cm³/mol. The Hall–Kier alpha value is -0.0800. The second-order valence-corrected chi connectivity index (χ2v) is 6.70. The second kappa shape index (κ2) is 3.71. The maximum Gasteiger partial charge on any atom is 0.0687 e. The Morgan fingerprint density at radius 3 is 2.25 bits per heavy atom. The molecule has 5 atom stereocenters. The third kappa shape index (κ3) is 1.62. The molecule has 3 unspecified atom stereocenters. The zero-order valence-corrected chi connectivity index (χ0v) is 10.8. The summed E-state index contributed by atoms with van der Waals surface area (Å²) in [6, 6.07) is 1.40. The van der Waals surface area contributed by atoms with Gasteiger partial charge in [0.15, 0.2) is 0 Å². The molecule has 4 aliphatic rings. The van der Waals surface area contributed by atoms with Gasteiger partial charge in [0.1, 0.15) is 0 Å². The SMILES string of the molecule is COC12CC3C[C@H](C1)C(NC(C)C)[C@@H](C3)C2. The van der Waals surface area contributed by atoms with Gasteiger partial charge in [-0.3, -0.25) is 0 Å². The molecule has 2 nitrogen and oxygen atoms in total. The van der Waals surface area contributed by atoms with Crippen molar-refractivity contribution in [2.75, 3.05) is 7.11 Å². The number of rotatable bonds is 3. The summed E-state index contributed by atoms with van der Waals surface area (Å²) >= 11 is 0. The molecular weight excluding hydrogens is 198 g/mol. The first-order valence-electron chi connectivity index (χ1n) is 6.93. The van der Waals surface area contributed by atoms with Crippen molar-refractivity contribution in [1.29, 1.82) is 0 Å². The van der Waals surface area contributed by atoms with E-state index in [1.54, 1.807) is 0 Å². The summed E-state index contributed by atoms with van der Waals surface area (Å²) < 4.78 is 5.88. The summed E-state index contributed by atoms with van der Waals surface area (Å²) in [5.74, 6) is 2.73. The lowest BCUT2D eigenvalue weighted by atomic mass is 9.52. The first-order valence-corrected chi connectivity index (χ1v) is 6.93. The number of hydrogen-bond donors (Lipinski definition) is 1. The molecule has 0 aromatic rings. The Morgan fingerprint density at radius 2 is 1.75 bits per heavy atom. The number of methoxy groups -OCH3 is 1. The van der Waals surface area contributed by atoms with Crippen LogP contribution in [0, 0.1) is 17.8 Å². The van der Waals surface area contributed by atoms with Crippen LogP contribution in [0.3, 0.4) is 0 Å². The Bertz CT molecular complexity index is 260. The molecule has 4 fully saturated rings. The average Bonchev–Trinajstić information content (AvgIpc) is 2.22. The van der Waals surface area contributed by atoms with Crippen LogP contribution in [0.4, 0.5) is 0 Å². The van der Waals surface area contributed by atoms with Crippen molar-refractivity contribution in [3.05, 3.63) is 0 Å². The van der Waals surface area contributed by atoms with Gasteiger partial charge in [-0.25, -0.2) is 0 Å². The standard InChI is InChI=1S/C14H25NO/c1-9(2)15-13-11-4-10-5-12(13)8-14(6-10,7-11)16-3/h9-13,15H,4-8H2,1-3H3/t10?,11-,12+,13?,14?. The van der Waals surface area contributed by atoms with E-state index < -0.39 is 0 Å². The molecule has 0 aromatic heterocycles.